The van der Waals surface area contributed by atoms with Crippen molar-refractivity contribution in [3.8, 4) is 0 Å². The fourth-order valence-electron chi connectivity index (χ4n) is 1.30. The second-order valence-corrected chi connectivity index (χ2v) is 3.05. The lowest BCUT2D eigenvalue weighted by Gasteiger charge is -1.95. The summed E-state index contributed by atoms with van der Waals surface area (Å²) >= 11 is 4.87. The predicted molar refractivity (Wildman–Crippen MR) is 48.3 cm³/mol. The van der Waals surface area contributed by atoms with Crippen molar-refractivity contribution in [2.24, 2.45) is 0 Å². The molecular formula is C9H6O2S. The van der Waals surface area contributed by atoms with E-state index in [9.17, 15) is 4.79 Å². The molecule has 2 rings (SSSR count). The number of hydrogen-bond acceptors (Lipinski definition) is 3. The Labute approximate surface area is 75.2 Å². The van der Waals surface area contributed by atoms with E-state index in [0.29, 0.717) is 10.6 Å². The molecule has 0 fully saturated rings. The summed E-state index contributed by atoms with van der Waals surface area (Å²) in [5.74, 6) is -0.326. The lowest BCUT2D eigenvalue weighted by atomic mass is 10.0. The van der Waals surface area contributed by atoms with Crippen molar-refractivity contribution >= 4 is 23.2 Å². The van der Waals surface area contributed by atoms with Gasteiger partial charge in [0.25, 0.3) is 0 Å². The summed E-state index contributed by atoms with van der Waals surface area (Å²) in [5, 5.41) is 0.290. The number of cyclic esters (lactones) is 1. The van der Waals surface area contributed by atoms with Gasteiger partial charge in [0.1, 0.15) is 0 Å². The molecule has 60 valence electrons. The van der Waals surface area contributed by atoms with Crippen LogP contribution in [0.4, 0.5) is 0 Å². The molecule has 1 aromatic carbocycles. The van der Waals surface area contributed by atoms with Crippen LogP contribution >= 0.6 is 12.2 Å². The van der Waals surface area contributed by atoms with Crippen molar-refractivity contribution in [2.45, 2.75) is 6.92 Å². The van der Waals surface area contributed by atoms with Crippen molar-refractivity contribution in [1.82, 2.24) is 0 Å². The average molecular weight is 178 g/mol. The van der Waals surface area contributed by atoms with Gasteiger partial charge in [-0.15, -0.1) is 0 Å². The van der Waals surface area contributed by atoms with Gasteiger partial charge < -0.3 is 4.74 Å². The fraction of sp³-hybridized carbons (Fsp3) is 0.111. The van der Waals surface area contributed by atoms with Crippen LogP contribution in [0.15, 0.2) is 18.2 Å². The maximum Gasteiger partial charge on any atom is 0.345 e. The molecule has 1 aliphatic heterocycles. The van der Waals surface area contributed by atoms with Crippen LogP contribution in [0.2, 0.25) is 0 Å². The Morgan fingerprint density at radius 3 is 2.83 bits per heavy atom. The van der Waals surface area contributed by atoms with E-state index in [0.717, 1.165) is 11.1 Å². The molecule has 1 heterocycles. The van der Waals surface area contributed by atoms with Crippen LogP contribution in [0.5, 0.6) is 0 Å². The molecule has 0 amide bonds. The van der Waals surface area contributed by atoms with Gasteiger partial charge in [0, 0.05) is 5.56 Å². The summed E-state index contributed by atoms with van der Waals surface area (Å²) in [7, 11) is 0. The summed E-state index contributed by atoms with van der Waals surface area (Å²) in [6.07, 6.45) is 0. The Hall–Kier alpha value is -1.22. The van der Waals surface area contributed by atoms with Crippen molar-refractivity contribution in [3.63, 3.8) is 0 Å². The van der Waals surface area contributed by atoms with Gasteiger partial charge >= 0.3 is 5.97 Å². The minimum absolute atomic E-state index is 0.290. The molecule has 0 spiro atoms. The Morgan fingerprint density at radius 1 is 1.42 bits per heavy atom. The van der Waals surface area contributed by atoms with Gasteiger partial charge in [-0.1, -0.05) is 12.1 Å². The molecule has 2 nitrogen and oxygen atoms in total. The molecule has 0 unspecified atom stereocenters. The van der Waals surface area contributed by atoms with E-state index in [4.69, 9.17) is 17.0 Å². The lowest BCUT2D eigenvalue weighted by molar-refractivity contribution is 0.0741. The van der Waals surface area contributed by atoms with E-state index in [2.05, 4.69) is 0 Å². The Morgan fingerprint density at radius 2 is 2.17 bits per heavy atom. The van der Waals surface area contributed by atoms with Crippen LogP contribution in [-0.2, 0) is 4.74 Å². The molecule has 3 heteroatoms. The molecule has 0 aliphatic carbocycles. The maximum absolute atomic E-state index is 11.2. The number of hydrogen-bond donors (Lipinski definition) is 0. The number of carbonyl (C=O) groups excluding carboxylic acids is 1. The molecule has 0 N–H and O–H groups in total. The van der Waals surface area contributed by atoms with E-state index < -0.39 is 0 Å². The molecular weight excluding hydrogens is 172 g/mol. The van der Waals surface area contributed by atoms with Gasteiger partial charge in [-0.05, 0) is 30.8 Å². The number of ether oxygens (including phenoxy) is 1. The highest BCUT2D eigenvalue weighted by molar-refractivity contribution is 7.80. The second kappa shape index (κ2) is 2.38. The van der Waals surface area contributed by atoms with Crippen LogP contribution < -0.4 is 0 Å². The molecule has 0 saturated heterocycles. The summed E-state index contributed by atoms with van der Waals surface area (Å²) in [4.78, 5) is 11.2. The fourth-order valence-corrected chi connectivity index (χ4v) is 1.54. The second-order valence-electron chi connectivity index (χ2n) is 2.67. The molecule has 1 aliphatic rings. The third-order valence-electron chi connectivity index (χ3n) is 1.88. The normalized spacial score (nSPS) is 14.4. The van der Waals surface area contributed by atoms with E-state index >= 15 is 0 Å². The van der Waals surface area contributed by atoms with Crippen LogP contribution in [0.1, 0.15) is 21.5 Å². The highest BCUT2D eigenvalue weighted by Gasteiger charge is 2.27. The first kappa shape index (κ1) is 7.43. The van der Waals surface area contributed by atoms with Gasteiger partial charge in [0.2, 0.25) is 5.05 Å². The first-order chi connectivity index (χ1) is 5.70. The number of aryl methyl sites for hydroxylation is 1. The minimum Gasteiger partial charge on any atom is -0.410 e. The number of carbonyl (C=O) groups is 1. The monoisotopic (exact) mass is 178 g/mol. The third-order valence-corrected chi connectivity index (χ3v) is 2.19. The van der Waals surface area contributed by atoms with E-state index in [1.165, 1.54) is 0 Å². The summed E-state index contributed by atoms with van der Waals surface area (Å²) in [6, 6.07) is 5.53. The predicted octanol–water partition coefficient (Wildman–Crippen LogP) is 1.84. The summed E-state index contributed by atoms with van der Waals surface area (Å²) in [6.45, 7) is 1.87. The number of fused-ring (bicyclic) bond motifs is 1. The van der Waals surface area contributed by atoms with Gasteiger partial charge in [-0.3, -0.25) is 0 Å². The molecule has 0 radical (unpaired) electrons. The zero-order valence-electron chi connectivity index (χ0n) is 6.46. The highest BCUT2D eigenvalue weighted by Crippen LogP contribution is 2.23. The minimum atomic E-state index is -0.326. The van der Waals surface area contributed by atoms with Crippen molar-refractivity contribution in [3.05, 3.63) is 34.9 Å². The topological polar surface area (TPSA) is 26.3 Å². The van der Waals surface area contributed by atoms with E-state index in [1.807, 2.05) is 19.1 Å². The Balaban J connectivity index is 2.75. The number of benzene rings is 1. The zero-order chi connectivity index (χ0) is 8.72. The number of rotatable bonds is 0. The molecule has 12 heavy (non-hydrogen) atoms. The molecule has 0 aromatic heterocycles. The van der Waals surface area contributed by atoms with Gasteiger partial charge in [0.15, 0.2) is 0 Å². The number of thiocarbonyl (C=S) groups is 1. The van der Waals surface area contributed by atoms with Crippen molar-refractivity contribution in [2.75, 3.05) is 0 Å². The quantitative estimate of drug-likeness (QED) is 0.448. The average Bonchev–Trinajstić information content (AvgIpc) is 2.29. The van der Waals surface area contributed by atoms with Crippen LogP contribution in [-0.4, -0.2) is 11.0 Å². The first-order valence-electron chi connectivity index (χ1n) is 3.56. The first-order valence-corrected chi connectivity index (χ1v) is 3.97. The van der Waals surface area contributed by atoms with Gasteiger partial charge in [-0.2, -0.15) is 0 Å². The third kappa shape index (κ3) is 0.865. The van der Waals surface area contributed by atoms with Gasteiger partial charge in [-0.25, -0.2) is 4.79 Å². The smallest absolute Gasteiger partial charge is 0.345 e. The zero-order valence-corrected chi connectivity index (χ0v) is 7.27. The van der Waals surface area contributed by atoms with Crippen molar-refractivity contribution in [1.29, 1.82) is 0 Å². The summed E-state index contributed by atoms with van der Waals surface area (Å²) < 4.78 is 4.80. The molecule has 0 atom stereocenters. The molecule has 0 bridgehead atoms. The largest absolute Gasteiger partial charge is 0.410 e. The van der Waals surface area contributed by atoms with Crippen LogP contribution in [0, 0.1) is 6.92 Å². The Kier molecular flexibility index (Phi) is 1.48. The summed E-state index contributed by atoms with van der Waals surface area (Å²) in [5.41, 5.74) is 2.27. The van der Waals surface area contributed by atoms with Crippen LogP contribution in [0.25, 0.3) is 0 Å². The molecule has 1 aromatic rings. The maximum atomic E-state index is 11.2. The Bertz CT molecular complexity index is 382. The SMILES string of the molecule is Cc1cccc2c1C(=O)OC2=S. The highest BCUT2D eigenvalue weighted by atomic mass is 32.1. The van der Waals surface area contributed by atoms with E-state index in [1.54, 1.807) is 6.07 Å². The van der Waals surface area contributed by atoms with E-state index in [-0.39, 0.29) is 5.97 Å². The number of esters is 1. The molecule has 0 saturated carbocycles. The van der Waals surface area contributed by atoms with Crippen LogP contribution in [0.3, 0.4) is 0 Å². The lowest BCUT2D eigenvalue weighted by Crippen LogP contribution is -1.97. The standard InChI is InChI=1S/C9H6O2S/c1-5-3-2-4-6-7(5)8(10)11-9(6)12/h2-4H,1H3. The van der Waals surface area contributed by atoms with Crippen molar-refractivity contribution < 1.29 is 9.53 Å². The van der Waals surface area contributed by atoms with Gasteiger partial charge in [0.05, 0.1) is 5.56 Å².